The average molecular weight is 429 g/mol. The van der Waals surface area contributed by atoms with E-state index in [0.717, 1.165) is 43.8 Å². The molecule has 4 aromatic heterocycles. The maximum absolute atomic E-state index is 4.68. The van der Waals surface area contributed by atoms with Crippen molar-refractivity contribution < 1.29 is 0 Å². The summed E-state index contributed by atoms with van der Waals surface area (Å²) in [4.78, 5) is 16.2. The van der Waals surface area contributed by atoms with Crippen LogP contribution in [0.1, 0.15) is 0 Å². The molecule has 0 unspecified atom stereocenters. The van der Waals surface area contributed by atoms with Gasteiger partial charge < -0.3 is 19.1 Å². The number of fused-ring (bicyclic) bond motifs is 2. The standard InChI is InChI=1S/C22H16N6S2/c1-2-10-27(9-1)15-5-7-17-19(13-15)25-21(23-17)29-30-22-24-18-8-6-16(14-20(18)26-22)28-11-3-4-12-28/h1-14H,(H,23,25)(H,24,26). The van der Waals surface area contributed by atoms with E-state index in [1.54, 1.807) is 21.6 Å². The fourth-order valence-electron chi connectivity index (χ4n) is 3.44. The van der Waals surface area contributed by atoms with Gasteiger partial charge >= 0.3 is 0 Å². The Morgan fingerprint density at radius 3 is 1.47 bits per heavy atom. The zero-order valence-electron chi connectivity index (χ0n) is 15.7. The molecule has 0 radical (unpaired) electrons. The van der Waals surface area contributed by atoms with Gasteiger partial charge in [-0.2, -0.15) is 0 Å². The number of hydrogen-bond acceptors (Lipinski definition) is 4. The molecule has 0 amide bonds. The largest absolute Gasteiger partial charge is 0.332 e. The van der Waals surface area contributed by atoms with Crippen LogP contribution in [0.3, 0.4) is 0 Å². The molecule has 2 aromatic carbocycles. The molecule has 8 heteroatoms. The van der Waals surface area contributed by atoms with Gasteiger partial charge in [-0.1, -0.05) is 0 Å². The summed E-state index contributed by atoms with van der Waals surface area (Å²) in [5.74, 6) is 0. The third-order valence-corrected chi connectivity index (χ3v) is 6.88. The summed E-state index contributed by atoms with van der Waals surface area (Å²) >= 11 is 0. The summed E-state index contributed by atoms with van der Waals surface area (Å²) in [7, 11) is 3.13. The Hall–Kier alpha value is -3.36. The van der Waals surface area contributed by atoms with E-state index in [-0.39, 0.29) is 0 Å². The highest BCUT2D eigenvalue weighted by Gasteiger charge is 2.09. The topological polar surface area (TPSA) is 67.2 Å². The minimum absolute atomic E-state index is 0.855. The Morgan fingerprint density at radius 2 is 1.03 bits per heavy atom. The van der Waals surface area contributed by atoms with Crippen LogP contribution in [-0.2, 0) is 0 Å². The van der Waals surface area contributed by atoms with Crippen LogP contribution in [-0.4, -0.2) is 29.1 Å². The zero-order valence-corrected chi connectivity index (χ0v) is 17.3. The van der Waals surface area contributed by atoms with Crippen molar-refractivity contribution in [2.75, 3.05) is 0 Å². The first-order valence-electron chi connectivity index (χ1n) is 9.43. The van der Waals surface area contributed by atoms with E-state index in [4.69, 9.17) is 0 Å². The van der Waals surface area contributed by atoms with Crippen molar-refractivity contribution in [1.82, 2.24) is 29.1 Å². The Morgan fingerprint density at radius 1 is 0.600 bits per heavy atom. The van der Waals surface area contributed by atoms with E-state index in [1.165, 1.54) is 0 Å². The van der Waals surface area contributed by atoms with Crippen LogP contribution in [0.4, 0.5) is 0 Å². The van der Waals surface area contributed by atoms with Gasteiger partial charge in [-0.15, -0.1) is 0 Å². The average Bonchev–Trinajstić information content (AvgIpc) is 3.56. The predicted molar refractivity (Wildman–Crippen MR) is 123 cm³/mol. The van der Waals surface area contributed by atoms with Crippen LogP contribution in [0.2, 0.25) is 0 Å². The number of benzene rings is 2. The maximum Gasteiger partial charge on any atom is 0.177 e. The van der Waals surface area contributed by atoms with Crippen LogP contribution >= 0.6 is 21.6 Å². The summed E-state index contributed by atoms with van der Waals surface area (Å²) in [6.07, 6.45) is 8.14. The molecule has 0 aliphatic carbocycles. The molecule has 6 rings (SSSR count). The van der Waals surface area contributed by atoms with Gasteiger partial charge in [0.15, 0.2) is 10.3 Å². The van der Waals surface area contributed by atoms with Crippen molar-refractivity contribution in [3.05, 3.63) is 85.5 Å². The van der Waals surface area contributed by atoms with E-state index in [0.29, 0.717) is 0 Å². The van der Waals surface area contributed by atoms with E-state index < -0.39 is 0 Å². The molecule has 0 aliphatic rings. The lowest BCUT2D eigenvalue weighted by molar-refractivity contribution is 1.07. The number of aromatic nitrogens is 6. The predicted octanol–water partition coefficient (Wildman–Crippen LogP) is 5.82. The van der Waals surface area contributed by atoms with Crippen molar-refractivity contribution in [3.8, 4) is 11.4 Å². The number of rotatable bonds is 5. The molecule has 2 N–H and O–H groups in total. The molecule has 0 saturated heterocycles. The smallest absolute Gasteiger partial charge is 0.177 e. The molecule has 0 spiro atoms. The Balaban J connectivity index is 1.23. The van der Waals surface area contributed by atoms with Crippen LogP contribution < -0.4 is 0 Å². The molecular formula is C22H16N6S2. The van der Waals surface area contributed by atoms with Gasteiger partial charge in [-0.05, 0) is 82.3 Å². The van der Waals surface area contributed by atoms with E-state index in [9.17, 15) is 0 Å². The molecule has 0 fully saturated rings. The molecule has 0 bridgehead atoms. The summed E-state index contributed by atoms with van der Waals surface area (Å²) in [5, 5.41) is 1.71. The Bertz CT molecular complexity index is 1330. The van der Waals surface area contributed by atoms with E-state index in [2.05, 4.69) is 53.3 Å². The molecule has 0 aliphatic heterocycles. The fraction of sp³-hybridized carbons (Fsp3) is 0. The molecule has 30 heavy (non-hydrogen) atoms. The summed E-state index contributed by atoms with van der Waals surface area (Å²) < 4.78 is 4.16. The lowest BCUT2D eigenvalue weighted by atomic mass is 10.3. The fourth-order valence-corrected chi connectivity index (χ4v) is 5.12. The maximum atomic E-state index is 4.68. The van der Waals surface area contributed by atoms with Crippen molar-refractivity contribution >= 4 is 43.7 Å². The number of aromatic amines is 2. The molecule has 6 aromatic rings. The number of H-pyrrole nitrogens is 2. The van der Waals surface area contributed by atoms with Crippen LogP contribution in [0.5, 0.6) is 0 Å². The monoisotopic (exact) mass is 428 g/mol. The van der Waals surface area contributed by atoms with Gasteiger partial charge in [0, 0.05) is 36.2 Å². The van der Waals surface area contributed by atoms with Crippen LogP contribution in [0.25, 0.3) is 33.4 Å². The number of imidazole rings is 2. The number of hydrogen-bond donors (Lipinski definition) is 2. The van der Waals surface area contributed by atoms with Gasteiger partial charge in [-0.25, -0.2) is 9.97 Å². The minimum atomic E-state index is 0.855. The molecule has 6 nitrogen and oxygen atoms in total. The normalized spacial score (nSPS) is 11.6. The molecule has 0 atom stereocenters. The second-order valence-electron chi connectivity index (χ2n) is 6.83. The highest BCUT2D eigenvalue weighted by Crippen LogP contribution is 2.36. The first-order valence-corrected chi connectivity index (χ1v) is 11.6. The summed E-state index contributed by atoms with van der Waals surface area (Å²) in [5.41, 5.74) is 6.16. The van der Waals surface area contributed by atoms with Gasteiger partial charge in [0.1, 0.15) is 0 Å². The van der Waals surface area contributed by atoms with Gasteiger partial charge in [0.2, 0.25) is 0 Å². The summed E-state index contributed by atoms with van der Waals surface area (Å²) in [6, 6.07) is 20.5. The van der Waals surface area contributed by atoms with Gasteiger partial charge in [-0.3, -0.25) is 0 Å². The molecule has 0 saturated carbocycles. The quantitative estimate of drug-likeness (QED) is 0.340. The number of nitrogens with zero attached hydrogens (tertiary/aromatic N) is 4. The SMILES string of the molecule is c1ccn(-c2ccc3nc(SSc4nc5ccc(-n6cccc6)cc5[nH]4)[nH]c3c2)c1. The lowest BCUT2D eigenvalue weighted by Gasteiger charge is -2.01. The zero-order chi connectivity index (χ0) is 19.9. The van der Waals surface area contributed by atoms with Gasteiger partial charge in [0.05, 0.1) is 22.1 Å². The Labute approximate surface area is 179 Å². The van der Waals surface area contributed by atoms with Crippen molar-refractivity contribution in [2.24, 2.45) is 0 Å². The first-order chi connectivity index (χ1) is 14.8. The third-order valence-electron chi connectivity index (χ3n) is 4.89. The van der Waals surface area contributed by atoms with Crippen molar-refractivity contribution in [2.45, 2.75) is 10.3 Å². The second-order valence-corrected chi connectivity index (χ2v) is 8.94. The minimum Gasteiger partial charge on any atom is -0.332 e. The lowest BCUT2D eigenvalue weighted by Crippen LogP contribution is -1.88. The van der Waals surface area contributed by atoms with E-state index >= 15 is 0 Å². The third kappa shape index (κ3) is 3.20. The second kappa shape index (κ2) is 7.16. The molecule has 146 valence electrons. The van der Waals surface area contributed by atoms with Crippen LogP contribution in [0.15, 0.2) is 95.8 Å². The van der Waals surface area contributed by atoms with E-state index in [1.807, 2.05) is 61.2 Å². The van der Waals surface area contributed by atoms with Crippen LogP contribution in [0, 0.1) is 0 Å². The first kappa shape index (κ1) is 17.5. The molecule has 4 heterocycles. The Kier molecular flexibility index (Phi) is 4.17. The number of nitrogens with one attached hydrogen (secondary N) is 2. The molecular weight excluding hydrogens is 412 g/mol. The highest BCUT2D eigenvalue weighted by molar-refractivity contribution is 8.76. The van der Waals surface area contributed by atoms with Gasteiger partial charge in [0.25, 0.3) is 0 Å². The van der Waals surface area contributed by atoms with Crippen molar-refractivity contribution in [1.29, 1.82) is 0 Å². The summed E-state index contributed by atoms with van der Waals surface area (Å²) in [6.45, 7) is 0. The highest BCUT2D eigenvalue weighted by atomic mass is 33.1. The van der Waals surface area contributed by atoms with Crippen molar-refractivity contribution in [3.63, 3.8) is 0 Å².